The van der Waals surface area contributed by atoms with E-state index >= 15 is 0 Å². The summed E-state index contributed by atoms with van der Waals surface area (Å²) >= 11 is 0. The van der Waals surface area contributed by atoms with Gasteiger partial charge in [0.25, 0.3) is 0 Å². The van der Waals surface area contributed by atoms with Gasteiger partial charge in [-0.2, -0.15) is 0 Å². The Morgan fingerprint density at radius 1 is 1.35 bits per heavy atom. The van der Waals surface area contributed by atoms with Gasteiger partial charge in [-0.3, -0.25) is 0 Å². The lowest BCUT2D eigenvalue weighted by Gasteiger charge is -2.15. The number of rotatable bonds is 5. The first-order valence-electron chi connectivity index (χ1n) is 5.44. The molecule has 0 heterocycles. The molecule has 96 valence electrons. The fraction of sp³-hybridized carbons (Fsp3) is 0.500. The highest BCUT2D eigenvalue weighted by atomic mass is 32.2. The standard InChI is InChI=1S/C12H18O4S/c1-9-4-3-5-11(6-9)10(2)17(15,16)8-12(14)7-13/h3-6,10,12-14H,7-8H2,1-2H3/t10-,12+/m0/s1. The van der Waals surface area contributed by atoms with E-state index in [0.29, 0.717) is 5.56 Å². The molecule has 0 saturated heterocycles. The smallest absolute Gasteiger partial charge is 0.159 e. The Hall–Kier alpha value is -0.910. The maximum absolute atomic E-state index is 11.9. The molecule has 0 aromatic heterocycles. The summed E-state index contributed by atoms with van der Waals surface area (Å²) in [6.45, 7) is 2.94. The van der Waals surface area contributed by atoms with Crippen LogP contribution < -0.4 is 0 Å². The highest BCUT2D eigenvalue weighted by Gasteiger charge is 2.25. The lowest BCUT2D eigenvalue weighted by Crippen LogP contribution is -2.27. The van der Waals surface area contributed by atoms with Crippen LogP contribution in [0, 0.1) is 6.92 Å². The summed E-state index contributed by atoms with van der Waals surface area (Å²) in [5.41, 5.74) is 1.70. The van der Waals surface area contributed by atoms with Gasteiger partial charge in [0.1, 0.15) is 0 Å². The molecule has 0 saturated carbocycles. The number of aliphatic hydroxyl groups excluding tert-OH is 2. The van der Waals surface area contributed by atoms with Crippen LogP contribution in [0.2, 0.25) is 0 Å². The molecule has 0 aliphatic carbocycles. The van der Waals surface area contributed by atoms with E-state index < -0.39 is 33.6 Å². The maximum Gasteiger partial charge on any atom is 0.159 e. The molecule has 4 nitrogen and oxygen atoms in total. The van der Waals surface area contributed by atoms with Crippen LogP contribution in [0.4, 0.5) is 0 Å². The minimum Gasteiger partial charge on any atom is -0.394 e. The van der Waals surface area contributed by atoms with Crippen molar-refractivity contribution in [3.8, 4) is 0 Å². The highest BCUT2D eigenvalue weighted by Crippen LogP contribution is 2.23. The van der Waals surface area contributed by atoms with Gasteiger partial charge in [-0.25, -0.2) is 8.42 Å². The van der Waals surface area contributed by atoms with Crippen molar-refractivity contribution in [3.05, 3.63) is 35.4 Å². The zero-order valence-corrected chi connectivity index (χ0v) is 10.8. The van der Waals surface area contributed by atoms with Gasteiger partial charge in [0.15, 0.2) is 9.84 Å². The Labute approximate surface area is 102 Å². The first-order chi connectivity index (χ1) is 7.86. The highest BCUT2D eigenvalue weighted by molar-refractivity contribution is 7.91. The predicted molar refractivity (Wildman–Crippen MR) is 66.5 cm³/mol. The summed E-state index contributed by atoms with van der Waals surface area (Å²) in [7, 11) is -3.45. The van der Waals surface area contributed by atoms with Gasteiger partial charge in [0.2, 0.25) is 0 Å². The van der Waals surface area contributed by atoms with Crippen LogP contribution >= 0.6 is 0 Å². The Balaban J connectivity index is 2.92. The van der Waals surface area contributed by atoms with Crippen LogP contribution in [-0.2, 0) is 9.84 Å². The second-order valence-electron chi connectivity index (χ2n) is 4.22. The lowest BCUT2D eigenvalue weighted by atomic mass is 10.1. The third kappa shape index (κ3) is 3.80. The molecule has 0 unspecified atom stereocenters. The summed E-state index contributed by atoms with van der Waals surface area (Å²) in [6, 6.07) is 7.26. The van der Waals surface area contributed by atoms with E-state index in [9.17, 15) is 13.5 Å². The van der Waals surface area contributed by atoms with E-state index in [1.165, 1.54) is 0 Å². The fourth-order valence-corrected chi connectivity index (χ4v) is 3.09. The molecular weight excluding hydrogens is 240 g/mol. The molecule has 0 bridgehead atoms. The number of aryl methyl sites for hydroxylation is 1. The fourth-order valence-electron chi connectivity index (χ4n) is 1.60. The molecule has 1 aromatic rings. The average molecular weight is 258 g/mol. The molecule has 0 radical (unpaired) electrons. The number of benzene rings is 1. The Morgan fingerprint density at radius 3 is 2.53 bits per heavy atom. The lowest BCUT2D eigenvalue weighted by molar-refractivity contribution is 0.112. The summed E-state index contributed by atoms with van der Waals surface area (Å²) in [4.78, 5) is 0. The van der Waals surface area contributed by atoms with Crippen LogP contribution in [0.25, 0.3) is 0 Å². The van der Waals surface area contributed by atoms with Gasteiger partial charge in [-0.1, -0.05) is 29.8 Å². The van der Waals surface area contributed by atoms with Crippen LogP contribution in [0.5, 0.6) is 0 Å². The van der Waals surface area contributed by atoms with Crippen LogP contribution in [0.3, 0.4) is 0 Å². The van der Waals surface area contributed by atoms with Crippen molar-refractivity contribution >= 4 is 9.84 Å². The number of hydrogen-bond acceptors (Lipinski definition) is 4. The van der Waals surface area contributed by atoms with Gasteiger partial charge in [0, 0.05) is 0 Å². The quantitative estimate of drug-likeness (QED) is 0.820. The summed E-state index contributed by atoms with van der Waals surface area (Å²) in [5.74, 6) is -0.418. The zero-order chi connectivity index (χ0) is 13.1. The van der Waals surface area contributed by atoms with Crippen LogP contribution in [-0.4, -0.2) is 37.1 Å². The SMILES string of the molecule is Cc1cccc([C@H](C)S(=O)(=O)C[C@H](O)CO)c1. The minimum atomic E-state index is -3.45. The largest absolute Gasteiger partial charge is 0.394 e. The molecule has 0 aliphatic heterocycles. The molecule has 1 rings (SSSR count). The molecule has 1 aromatic carbocycles. The monoisotopic (exact) mass is 258 g/mol. The molecule has 2 N–H and O–H groups in total. The molecule has 0 spiro atoms. The summed E-state index contributed by atoms with van der Waals surface area (Å²) in [6.07, 6.45) is -1.22. The number of aliphatic hydroxyl groups is 2. The molecule has 0 amide bonds. The van der Waals surface area contributed by atoms with Gasteiger partial charge < -0.3 is 10.2 Å². The number of hydrogen-bond donors (Lipinski definition) is 2. The second-order valence-corrected chi connectivity index (χ2v) is 6.59. The molecule has 0 aliphatic rings. The van der Waals surface area contributed by atoms with E-state index in [4.69, 9.17) is 5.11 Å². The Bertz CT molecular complexity index is 467. The van der Waals surface area contributed by atoms with Gasteiger partial charge in [-0.15, -0.1) is 0 Å². The van der Waals surface area contributed by atoms with Gasteiger partial charge in [0.05, 0.1) is 23.7 Å². The molecule has 0 fully saturated rings. The van der Waals surface area contributed by atoms with Gasteiger partial charge >= 0.3 is 0 Å². The van der Waals surface area contributed by atoms with Crippen LogP contribution in [0.1, 0.15) is 23.3 Å². The van der Waals surface area contributed by atoms with E-state index in [0.717, 1.165) is 5.56 Å². The minimum absolute atomic E-state index is 0.418. The zero-order valence-electron chi connectivity index (χ0n) is 10.00. The molecule has 17 heavy (non-hydrogen) atoms. The second kappa shape index (κ2) is 5.62. The molecular formula is C12H18O4S. The van der Waals surface area contributed by atoms with Crippen molar-refractivity contribution in [2.45, 2.75) is 25.2 Å². The Kier molecular flexibility index (Phi) is 4.68. The maximum atomic E-state index is 11.9. The first kappa shape index (κ1) is 14.2. The number of sulfone groups is 1. The summed E-state index contributed by atoms with van der Waals surface area (Å²) in [5, 5.41) is 17.2. The van der Waals surface area contributed by atoms with Crippen molar-refractivity contribution < 1.29 is 18.6 Å². The van der Waals surface area contributed by atoms with Crippen LogP contribution in [0.15, 0.2) is 24.3 Å². The third-order valence-electron chi connectivity index (χ3n) is 2.69. The van der Waals surface area contributed by atoms with E-state index in [-0.39, 0.29) is 0 Å². The topological polar surface area (TPSA) is 74.6 Å². The van der Waals surface area contributed by atoms with Crippen molar-refractivity contribution in [3.63, 3.8) is 0 Å². The third-order valence-corrected chi connectivity index (χ3v) is 4.88. The first-order valence-corrected chi connectivity index (χ1v) is 7.15. The molecule has 2 atom stereocenters. The van der Waals surface area contributed by atoms with Crippen molar-refractivity contribution in [1.29, 1.82) is 0 Å². The van der Waals surface area contributed by atoms with Crippen molar-refractivity contribution in [2.75, 3.05) is 12.4 Å². The van der Waals surface area contributed by atoms with E-state index in [1.807, 2.05) is 19.1 Å². The van der Waals surface area contributed by atoms with Crippen molar-refractivity contribution in [2.24, 2.45) is 0 Å². The predicted octanol–water partition coefficient (Wildman–Crippen LogP) is 0.824. The molecule has 5 heteroatoms. The average Bonchev–Trinajstić information content (AvgIpc) is 2.27. The van der Waals surface area contributed by atoms with E-state index in [1.54, 1.807) is 19.1 Å². The van der Waals surface area contributed by atoms with E-state index in [2.05, 4.69) is 0 Å². The summed E-state index contributed by atoms with van der Waals surface area (Å²) < 4.78 is 23.9. The Morgan fingerprint density at radius 2 is 2.00 bits per heavy atom. The van der Waals surface area contributed by atoms with Crippen molar-refractivity contribution in [1.82, 2.24) is 0 Å². The normalized spacial score (nSPS) is 15.5. The van der Waals surface area contributed by atoms with Gasteiger partial charge in [-0.05, 0) is 19.4 Å².